The van der Waals surface area contributed by atoms with Crippen LogP contribution in [-0.4, -0.2) is 0 Å². The third-order valence-corrected chi connectivity index (χ3v) is 1.16. The zero-order chi connectivity index (χ0) is 7.40. The summed E-state index contributed by atoms with van der Waals surface area (Å²) in [5, 5.41) is 0. The van der Waals surface area contributed by atoms with Crippen molar-refractivity contribution in [1.29, 1.82) is 0 Å². The molecule has 0 saturated heterocycles. The molecule has 0 atom stereocenters. The molecule has 0 radical (unpaired) electrons. The lowest BCUT2D eigenvalue weighted by atomic mass is 10.4. The highest BCUT2D eigenvalue weighted by molar-refractivity contribution is 4.88. The Labute approximate surface area is 59.4 Å². The Kier molecular flexibility index (Phi) is 2.15. The molecule has 1 rings (SSSR count). The van der Waals surface area contributed by atoms with Crippen LogP contribution in [0.1, 0.15) is 0 Å². The number of nitrogens with zero attached hydrogens (tertiary/aromatic N) is 1. The molecule has 0 amide bonds. The number of allylic oxidation sites excluding steroid dienone is 1. The van der Waals surface area contributed by atoms with Crippen molar-refractivity contribution in [3.63, 3.8) is 0 Å². The summed E-state index contributed by atoms with van der Waals surface area (Å²) in [6.07, 6.45) is 4.95. The van der Waals surface area contributed by atoms with Gasteiger partial charge in [0.25, 0.3) is 0 Å². The molecule has 0 bridgehead atoms. The van der Waals surface area contributed by atoms with Crippen LogP contribution >= 0.6 is 0 Å². The van der Waals surface area contributed by atoms with Crippen LogP contribution in [0.3, 0.4) is 0 Å². The molecule has 1 aromatic rings. The monoisotopic (exact) mass is 138 g/mol. The molecule has 0 aliphatic heterocycles. The predicted molar refractivity (Wildman–Crippen MR) is 36.8 cm³/mol. The highest BCUT2D eigenvalue weighted by Gasteiger charge is 1.96. The van der Waals surface area contributed by atoms with E-state index in [9.17, 15) is 4.39 Å². The Bertz CT molecular complexity index is 232. The summed E-state index contributed by atoms with van der Waals surface area (Å²) in [5.74, 6) is -0.218. The minimum Gasteiger partial charge on any atom is -0.200 e. The largest absolute Gasteiger partial charge is 0.205 e. The van der Waals surface area contributed by atoms with Gasteiger partial charge in [0.1, 0.15) is 0 Å². The lowest BCUT2D eigenvalue weighted by Gasteiger charge is -1.88. The van der Waals surface area contributed by atoms with E-state index in [-0.39, 0.29) is 5.82 Å². The molecular formula is C8H9FN+. The van der Waals surface area contributed by atoms with Gasteiger partial charge in [-0.2, -0.15) is 4.57 Å². The number of hydrogen-bond acceptors (Lipinski definition) is 0. The van der Waals surface area contributed by atoms with E-state index in [2.05, 4.69) is 6.58 Å². The summed E-state index contributed by atoms with van der Waals surface area (Å²) in [6.45, 7) is 4.19. The van der Waals surface area contributed by atoms with Crippen molar-refractivity contribution in [2.75, 3.05) is 0 Å². The number of aromatic nitrogens is 1. The van der Waals surface area contributed by atoms with Crippen LogP contribution in [0.5, 0.6) is 0 Å². The summed E-state index contributed by atoms with van der Waals surface area (Å²) < 4.78 is 14.2. The fraction of sp³-hybridized carbons (Fsp3) is 0.125. The third kappa shape index (κ3) is 1.65. The Morgan fingerprint density at radius 1 is 1.70 bits per heavy atom. The summed E-state index contributed by atoms with van der Waals surface area (Å²) in [5.41, 5.74) is 0. The van der Waals surface area contributed by atoms with Crippen LogP contribution in [0.4, 0.5) is 4.39 Å². The Morgan fingerprint density at radius 2 is 2.50 bits per heavy atom. The van der Waals surface area contributed by atoms with Crippen LogP contribution in [-0.2, 0) is 6.54 Å². The Balaban J connectivity index is 2.84. The first-order valence-corrected chi connectivity index (χ1v) is 3.08. The van der Waals surface area contributed by atoms with Gasteiger partial charge in [-0.1, -0.05) is 6.58 Å². The van der Waals surface area contributed by atoms with E-state index in [1.54, 1.807) is 22.9 Å². The van der Waals surface area contributed by atoms with Gasteiger partial charge in [-0.05, 0) is 12.1 Å². The van der Waals surface area contributed by atoms with E-state index < -0.39 is 0 Å². The topological polar surface area (TPSA) is 3.88 Å². The van der Waals surface area contributed by atoms with Crippen molar-refractivity contribution in [2.24, 2.45) is 0 Å². The van der Waals surface area contributed by atoms with Crippen LogP contribution in [0.2, 0.25) is 0 Å². The number of halogens is 1. The van der Waals surface area contributed by atoms with Crippen molar-refractivity contribution in [3.05, 3.63) is 43.0 Å². The van der Waals surface area contributed by atoms with Crippen molar-refractivity contribution in [1.82, 2.24) is 0 Å². The molecule has 10 heavy (non-hydrogen) atoms. The molecule has 1 aromatic heterocycles. The Morgan fingerprint density at radius 3 is 3.10 bits per heavy atom. The van der Waals surface area contributed by atoms with E-state index in [0.29, 0.717) is 6.54 Å². The smallest absolute Gasteiger partial charge is 0.200 e. The van der Waals surface area contributed by atoms with Gasteiger partial charge in [-0.3, -0.25) is 0 Å². The van der Waals surface area contributed by atoms with Gasteiger partial charge in [0.05, 0.1) is 0 Å². The molecule has 0 unspecified atom stereocenters. The summed E-state index contributed by atoms with van der Waals surface area (Å²) >= 11 is 0. The normalized spacial score (nSPS) is 9.30. The second-order valence-corrected chi connectivity index (χ2v) is 2.01. The van der Waals surface area contributed by atoms with Crippen LogP contribution in [0.25, 0.3) is 0 Å². The van der Waals surface area contributed by atoms with E-state index in [1.165, 1.54) is 12.3 Å². The van der Waals surface area contributed by atoms with Gasteiger partial charge in [0.15, 0.2) is 18.6 Å². The maximum atomic E-state index is 12.4. The Hall–Kier alpha value is -1.18. The van der Waals surface area contributed by atoms with Crippen molar-refractivity contribution >= 4 is 0 Å². The molecule has 0 aromatic carbocycles. The molecule has 52 valence electrons. The van der Waals surface area contributed by atoms with Crippen molar-refractivity contribution in [3.8, 4) is 0 Å². The maximum Gasteiger partial charge on any atom is 0.205 e. The second kappa shape index (κ2) is 3.11. The van der Waals surface area contributed by atoms with Gasteiger partial charge in [-0.15, -0.1) is 0 Å². The molecule has 1 nitrogen and oxygen atoms in total. The van der Waals surface area contributed by atoms with E-state index in [1.807, 2.05) is 0 Å². The van der Waals surface area contributed by atoms with Crippen LogP contribution in [0.15, 0.2) is 37.2 Å². The average Bonchev–Trinajstić information content (AvgIpc) is 1.88. The first kappa shape index (κ1) is 6.93. The molecule has 1 heterocycles. The van der Waals surface area contributed by atoms with Gasteiger partial charge in [-0.25, -0.2) is 4.39 Å². The quantitative estimate of drug-likeness (QED) is 0.428. The second-order valence-electron chi connectivity index (χ2n) is 2.01. The highest BCUT2D eigenvalue weighted by Crippen LogP contribution is 1.88. The third-order valence-electron chi connectivity index (χ3n) is 1.16. The molecule has 0 aliphatic carbocycles. The van der Waals surface area contributed by atoms with Crippen LogP contribution in [0, 0.1) is 5.82 Å². The predicted octanol–water partition coefficient (Wildman–Crippen LogP) is 1.30. The summed E-state index contributed by atoms with van der Waals surface area (Å²) in [7, 11) is 0. The van der Waals surface area contributed by atoms with Gasteiger partial charge in [0, 0.05) is 6.07 Å². The zero-order valence-corrected chi connectivity index (χ0v) is 5.63. The molecule has 0 saturated carbocycles. The molecular weight excluding hydrogens is 129 g/mol. The van der Waals surface area contributed by atoms with Gasteiger partial charge in [0.2, 0.25) is 6.20 Å². The number of rotatable bonds is 2. The summed E-state index contributed by atoms with van der Waals surface area (Å²) in [4.78, 5) is 0. The summed E-state index contributed by atoms with van der Waals surface area (Å²) in [6, 6.07) is 3.08. The minimum atomic E-state index is -0.218. The van der Waals surface area contributed by atoms with Gasteiger partial charge < -0.3 is 0 Å². The lowest BCUT2D eigenvalue weighted by Crippen LogP contribution is -2.31. The highest BCUT2D eigenvalue weighted by atomic mass is 19.1. The standard InChI is InChI=1S/C8H9FN/c1-2-5-10-6-3-4-8(9)7-10/h2-4,6-7H,1,5H2/q+1. The minimum absolute atomic E-state index is 0.218. The fourth-order valence-corrected chi connectivity index (χ4v) is 0.753. The first-order valence-electron chi connectivity index (χ1n) is 3.08. The average molecular weight is 138 g/mol. The zero-order valence-electron chi connectivity index (χ0n) is 5.63. The van der Waals surface area contributed by atoms with Crippen molar-refractivity contribution < 1.29 is 8.96 Å². The van der Waals surface area contributed by atoms with Crippen LogP contribution < -0.4 is 4.57 Å². The van der Waals surface area contributed by atoms with Crippen molar-refractivity contribution in [2.45, 2.75) is 6.54 Å². The molecule has 0 spiro atoms. The van der Waals surface area contributed by atoms with E-state index >= 15 is 0 Å². The number of pyridine rings is 1. The molecule has 0 aliphatic rings. The maximum absolute atomic E-state index is 12.4. The van der Waals surface area contributed by atoms with E-state index in [4.69, 9.17) is 0 Å². The first-order chi connectivity index (χ1) is 4.83. The molecule has 0 N–H and O–H groups in total. The van der Waals surface area contributed by atoms with E-state index in [0.717, 1.165) is 0 Å². The SMILES string of the molecule is C=CC[n+]1cccc(F)c1. The van der Waals surface area contributed by atoms with Gasteiger partial charge >= 0.3 is 0 Å². The fourth-order valence-electron chi connectivity index (χ4n) is 0.753. The lowest BCUT2D eigenvalue weighted by molar-refractivity contribution is -0.688. The molecule has 2 heteroatoms. The molecule has 0 fully saturated rings. The number of hydrogen-bond donors (Lipinski definition) is 0.